The molecule has 80 valence electrons. The lowest BCUT2D eigenvalue weighted by atomic mass is 10.2. The molecule has 0 saturated carbocycles. The van der Waals surface area contributed by atoms with Crippen molar-refractivity contribution in [1.82, 2.24) is 10.2 Å². The van der Waals surface area contributed by atoms with Crippen LogP contribution in [0, 0.1) is 0 Å². The average Bonchev–Trinajstić information content (AvgIpc) is 1.81. The monoisotopic (exact) mass is 198 g/mol. The number of alkyl halides is 3. The summed E-state index contributed by atoms with van der Waals surface area (Å²) < 4.78 is 37.0. The molecule has 2 nitrogen and oxygen atoms in total. The Labute approximate surface area is 77.1 Å². The van der Waals surface area contributed by atoms with Gasteiger partial charge >= 0.3 is 6.18 Å². The molecule has 0 radical (unpaired) electrons. The summed E-state index contributed by atoms with van der Waals surface area (Å²) in [5.41, 5.74) is 0. The summed E-state index contributed by atoms with van der Waals surface area (Å²) in [5, 5.41) is 2.77. The van der Waals surface area contributed by atoms with Crippen LogP contribution in [-0.2, 0) is 0 Å². The molecule has 0 aliphatic carbocycles. The van der Waals surface area contributed by atoms with Crippen molar-refractivity contribution >= 4 is 0 Å². The largest absolute Gasteiger partial charge is 0.405 e. The highest BCUT2D eigenvalue weighted by molar-refractivity contribution is 4.77. The summed E-state index contributed by atoms with van der Waals surface area (Å²) in [6, 6.07) is -1.33. The topological polar surface area (TPSA) is 15.3 Å². The van der Waals surface area contributed by atoms with E-state index in [4.69, 9.17) is 0 Å². The van der Waals surface area contributed by atoms with Crippen molar-refractivity contribution in [3.63, 3.8) is 0 Å². The van der Waals surface area contributed by atoms with Crippen LogP contribution in [0.5, 0.6) is 0 Å². The molecule has 0 bridgehead atoms. The quantitative estimate of drug-likeness (QED) is 0.736. The molecule has 0 heterocycles. The third kappa shape index (κ3) is 5.10. The van der Waals surface area contributed by atoms with E-state index in [9.17, 15) is 13.2 Å². The van der Waals surface area contributed by atoms with E-state index in [1.807, 2.05) is 13.8 Å². The zero-order valence-electron chi connectivity index (χ0n) is 8.44. The van der Waals surface area contributed by atoms with Crippen LogP contribution >= 0.6 is 0 Å². The number of halogens is 3. The lowest BCUT2D eigenvalue weighted by molar-refractivity contribution is -0.175. The van der Waals surface area contributed by atoms with E-state index in [2.05, 4.69) is 5.32 Å². The van der Waals surface area contributed by atoms with Crippen LogP contribution < -0.4 is 5.32 Å². The normalized spacial score (nSPS) is 15.5. The Morgan fingerprint density at radius 3 is 1.92 bits per heavy atom. The molecule has 0 fully saturated rings. The molecule has 1 unspecified atom stereocenters. The molecule has 0 aromatic rings. The molecular weight excluding hydrogens is 181 g/mol. The van der Waals surface area contributed by atoms with Crippen molar-refractivity contribution in [3.8, 4) is 0 Å². The Balaban J connectivity index is 4.12. The zero-order chi connectivity index (χ0) is 10.6. The van der Waals surface area contributed by atoms with E-state index in [1.54, 1.807) is 0 Å². The first-order valence-electron chi connectivity index (χ1n) is 4.21. The maximum Gasteiger partial charge on any atom is 0.405 e. The van der Waals surface area contributed by atoms with Crippen LogP contribution in [0.1, 0.15) is 13.8 Å². The van der Waals surface area contributed by atoms with Gasteiger partial charge < -0.3 is 5.32 Å². The fourth-order valence-corrected chi connectivity index (χ4v) is 0.938. The summed E-state index contributed by atoms with van der Waals surface area (Å²) >= 11 is 0. The van der Waals surface area contributed by atoms with Crippen molar-refractivity contribution in [2.45, 2.75) is 32.1 Å². The highest BCUT2D eigenvalue weighted by Crippen LogP contribution is 2.22. The summed E-state index contributed by atoms with van der Waals surface area (Å²) in [7, 11) is 2.86. The Bertz CT molecular complexity index is 143. The van der Waals surface area contributed by atoms with Gasteiger partial charge in [0.25, 0.3) is 0 Å². The number of hydrogen-bond donors (Lipinski definition) is 1. The smallest absolute Gasteiger partial charge is 0.313 e. The maximum atomic E-state index is 12.3. The third-order valence-corrected chi connectivity index (χ3v) is 1.72. The SMILES string of the molecule is CC(C)NCC(N(C)C)C(F)(F)F. The molecule has 13 heavy (non-hydrogen) atoms. The first-order valence-corrected chi connectivity index (χ1v) is 4.21. The Hall–Kier alpha value is -0.290. The van der Waals surface area contributed by atoms with Gasteiger partial charge in [-0.1, -0.05) is 13.8 Å². The molecule has 0 aromatic carbocycles. The van der Waals surface area contributed by atoms with Crippen molar-refractivity contribution in [3.05, 3.63) is 0 Å². The minimum atomic E-state index is -4.16. The minimum absolute atomic E-state index is 0.0613. The average molecular weight is 198 g/mol. The van der Waals surface area contributed by atoms with E-state index in [1.165, 1.54) is 19.0 Å². The standard InChI is InChI=1S/C8H17F3N2/c1-6(2)12-5-7(13(3)4)8(9,10)11/h6-7,12H,5H2,1-4H3. The van der Waals surface area contributed by atoms with Crippen molar-refractivity contribution in [2.24, 2.45) is 0 Å². The number of hydrogen-bond acceptors (Lipinski definition) is 2. The van der Waals surface area contributed by atoms with Crippen LogP contribution in [0.3, 0.4) is 0 Å². The predicted molar refractivity (Wildman–Crippen MR) is 46.7 cm³/mol. The van der Waals surface area contributed by atoms with Gasteiger partial charge in [0.1, 0.15) is 6.04 Å². The van der Waals surface area contributed by atoms with Crippen LogP contribution in [0.2, 0.25) is 0 Å². The molecule has 5 heteroatoms. The Morgan fingerprint density at radius 2 is 1.69 bits per heavy atom. The van der Waals surface area contributed by atoms with Crippen LogP contribution in [0.25, 0.3) is 0 Å². The third-order valence-electron chi connectivity index (χ3n) is 1.72. The number of nitrogens with zero attached hydrogens (tertiary/aromatic N) is 1. The second-order valence-corrected chi connectivity index (χ2v) is 3.58. The second kappa shape index (κ2) is 4.81. The van der Waals surface area contributed by atoms with Crippen molar-refractivity contribution in [2.75, 3.05) is 20.6 Å². The van der Waals surface area contributed by atoms with Gasteiger partial charge in [-0.15, -0.1) is 0 Å². The zero-order valence-corrected chi connectivity index (χ0v) is 8.44. The first-order chi connectivity index (χ1) is 5.75. The van der Waals surface area contributed by atoms with E-state index in [-0.39, 0.29) is 12.6 Å². The molecular formula is C8H17F3N2. The Kier molecular flexibility index (Phi) is 4.70. The molecule has 0 aliphatic rings. The molecule has 0 amide bonds. The molecule has 0 aromatic heterocycles. The van der Waals surface area contributed by atoms with Crippen LogP contribution in [0.15, 0.2) is 0 Å². The Morgan fingerprint density at radius 1 is 1.23 bits per heavy atom. The minimum Gasteiger partial charge on any atom is -0.313 e. The second-order valence-electron chi connectivity index (χ2n) is 3.58. The molecule has 0 rings (SSSR count). The number of likely N-dealkylation sites (N-methyl/N-ethyl adjacent to an activating group) is 1. The summed E-state index contributed by atoms with van der Waals surface area (Å²) in [6.45, 7) is 3.58. The highest BCUT2D eigenvalue weighted by Gasteiger charge is 2.40. The number of nitrogens with one attached hydrogen (secondary N) is 1. The molecule has 1 N–H and O–H groups in total. The van der Waals surface area contributed by atoms with Crippen LogP contribution in [0.4, 0.5) is 13.2 Å². The number of rotatable bonds is 4. The summed E-state index contributed by atoms with van der Waals surface area (Å²) in [4.78, 5) is 1.18. The highest BCUT2D eigenvalue weighted by atomic mass is 19.4. The van der Waals surface area contributed by atoms with Gasteiger partial charge in [0, 0.05) is 12.6 Å². The van der Waals surface area contributed by atoms with Gasteiger partial charge in [-0.25, -0.2) is 0 Å². The predicted octanol–water partition coefficient (Wildman–Crippen LogP) is 1.48. The van der Waals surface area contributed by atoms with E-state index in [0.717, 1.165) is 0 Å². The summed E-state index contributed by atoms with van der Waals surface area (Å²) in [5.74, 6) is 0. The summed E-state index contributed by atoms with van der Waals surface area (Å²) in [6.07, 6.45) is -4.16. The van der Waals surface area contributed by atoms with Gasteiger partial charge in [0.15, 0.2) is 0 Å². The lowest BCUT2D eigenvalue weighted by Gasteiger charge is -2.27. The molecule has 0 aliphatic heterocycles. The van der Waals surface area contributed by atoms with Gasteiger partial charge in [-0.2, -0.15) is 13.2 Å². The fourth-order valence-electron chi connectivity index (χ4n) is 0.938. The van der Waals surface area contributed by atoms with E-state index < -0.39 is 12.2 Å². The van der Waals surface area contributed by atoms with Gasteiger partial charge in [0.2, 0.25) is 0 Å². The maximum absolute atomic E-state index is 12.3. The molecule has 0 saturated heterocycles. The fraction of sp³-hybridized carbons (Fsp3) is 1.00. The van der Waals surface area contributed by atoms with E-state index in [0.29, 0.717) is 0 Å². The lowest BCUT2D eigenvalue weighted by Crippen LogP contribution is -2.49. The molecule has 1 atom stereocenters. The van der Waals surface area contributed by atoms with Gasteiger partial charge in [-0.05, 0) is 14.1 Å². The van der Waals surface area contributed by atoms with Gasteiger partial charge in [-0.3, -0.25) is 4.90 Å². The van der Waals surface area contributed by atoms with Gasteiger partial charge in [0.05, 0.1) is 0 Å². The van der Waals surface area contributed by atoms with Crippen molar-refractivity contribution in [1.29, 1.82) is 0 Å². The van der Waals surface area contributed by atoms with Crippen LogP contribution in [-0.4, -0.2) is 43.8 Å². The van der Waals surface area contributed by atoms with E-state index >= 15 is 0 Å². The molecule has 0 spiro atoms. The first kappa shape index (κ1) is 12.7. The van der Waals surface area contributed by atoms with Crippen molar-refractivity contribution < 1.29 is 13.2 Å².